The molecule has 0 aliphatic carbocycles. The Morgan fingerprint density at radius 3 is 2.68 bits per heavy atom. The summed E-state index contributed by atoms with van der Waals surface area (Å²) in [6.07, 6.45) is -0.727. The lowest BCUT2D eigenvalue weighted by Crippen LogP contribution is -2.40. The number of carbonyl (C=O) groups is 2. The van der Waals surface area contributed by atoms with E-state index in [-0.39, 0.29) is 13.0 Å². The van der Waals surface area contributed by atoms with Gasteiger partial charge in [0.2, 0.25) is 0 Å². The molecule has 6 heteroatoms. The molecule has 1 aliphatic rings. The first-order valence-electron chi connectivity index (χ1n) is 5.98. The molecular weight excluding hydrogens is 248 g/mol. The van der Waals surface area contributed by atoms with Crippen LogP contribution in [0.3, 0.4) is 0 Å². The van der Waals surface area contributed by atoms with Crippen LogP contribution >= 0.6 is 0 Å². The number of aliphatic hydroxyl groups is 1. The molecule has 19 heavy (non-hydrogen) atoms. The van der Waals surface area contributed by atoms with Crippen molar-refractivity contribution in [1.29, 1.82) is 0 Å². The lowest BCUT2D eigenvalue weighted by Gasteiger charge is -2.21. The fraction of sp³-hybridized carbons (Fsp3) is 0.385. The van der Waals surface area contributed by atoms with Crippen molar-refractivity contribution in [3.05, 3.63) is 29.3 Å². The number of aliphatic carboxylic acids is 1. The molecule has 0 saturated carbocycles. The maximum absolute atomic E-state index is 12.3. The van der Waals surface area contributed by atoms with Gasteiger partial charge in [0.1, 0.15) is 6.04 Å². The first-order valence-corrected chi connectivity index (χ1v) is 5.98. The molecular formula is C13H16N2O4. The van der Waals surface area contributed by atoms with Crippen molar-refractivity contribution in [3.8, 4) is 0 Å². The molecule has 0 aromatic heterocycles. The number of likely N-dealkylation sites (tertiary alicyclic amines) is 1. The SMILES string of the molecule is Cc1cc(C(=O)N2C[C@@H](O)C[C@H]2C(=O)O)ccc1N. The molecule has 0 spiro atoms. The standard InChI is InChI=1S/C13H16N2O4/c1-7-4-8(2-3-10(7)14)12(17)15-6-9(16)5-11(15)13(18)19/h2-4,9,11,16H,5-6,14H2,1H3,(H,18,19)/t9-,11-/m0/s1. The fourth-order valence-electron chi connectivity index (χ4n) is 2.25. The number of rotatable bonds is 2. The van der Waals surface area contributed by atoms with Crippen LogP contribution in [-0.4, -0.2) is 45.7 Å². The van der Waals surface area contributed by atoms with E-state index < -0.39 is 24.0 Å². The third-order valence-electron chi connectivity index (χ3n) is 3.34. The number of aliphatic hydroxyl groups excluding tert-OH is 1. The lowest BCUT2D eigenvalue weighted by molar-refractivity contribution is -0.141. The maximum atomic E-state index is 12.3. The molecule has 1 aromatic rings. The van der Waals surface area contributed by atoms with Crippen LogP contribution in [0.15, 0.2) is 18.2 Å². The molecule has 4 N–H and O–H groups in total. The molecule has 102 valence electrons. The second kappa shape index (κ2) is 4.89. The Balaban J connectivity index is 2.27. The van der Waals surface area contributed by atoms with Gasteiger partial charge in [-0.2, -0.15) is 0 Å². The Hall–Kier alpha value is -2.08. The van der Waals surface area contributed by atoms with Gasteiger partial charge in [-0.1, -0.05) is 0 Å². The highest BCUT2D eigenvalue weighted by atomic mass is 16.4. The van der Waals surface area contributed by atoms with Crippen molar-refractivity contribution >= 4 is 17.6 Å². The number of benzene rings is 1. The average molecular weight is 264 g/mol. The summed E-state index contributed by atoms with van der Waals surface area (Å²) in [5, 5.41) is 18.6. The number of β-amino-alcohol motifs (C(OH)–C–C–N with tert-alkyl or cyclic N) is 1. The molecule has 1 saturated heterocycles. The van der Waals surface area contributed by atoms with E-state index in [1.807, 2.05) is 0 Å². The van der Waals surface area contributed by atoms with Crippen molar-refractivity contribution in [2.24, 2.45) is 0 Å². The van der Waals surface area contributed by atoms with E-state index in [1.165, 1.54) is 4.90 Å². The summed E-state index contributed by atoms with van der Waals surface area (Å²) in [5.74, 6) is -1.50. The number of aryl methyl sites for hydroxylation is 1. The van der Waals surface area contributed by atoms with Crippen molar-refractivity contribution in [2.45, 2.75) is 25.5 Å². The molecule has 2 rings (SSSR count). The first kappa shape index (κ1) is 13.4. The Labute approximate surface area is 110 Å². The van der Waals surface area contributed by atoms with Crippen LogP contribution in [0.25, 0.3) is 0 Å². The van der Waals surface area contributed by atoms with Gasteiger partial charge in [-0.15, -0.1) is 0 Å². The van der Waals surface area contributed by atoms with Gasteiger partial charge in [0.15, 0.2) is 0 Å². The predicted molar refractivity (Wildman–Crippen MR) is 68.7 cm³/mol. The van der Waals surface area contributed by atoms with Crippen LogP contribution < -0.4 is 5.73 Å². The Bertz CT molecular complexity index is 529. The molecule has 0 bridgehead atoms. The molecule has 1 amide bonds. The van der Waals surface area contributed by atoms with E-state index in [0.717, 1.165) is 5.56 Å². The third kappa shape index (κ3) is 2.53. The van der Waals surface area contributed by atoms with Gasteiger partial charge in [-0.3, -0.25) is 4.79 Å². The number of nitrogens with two attached hydrogens (primary N) is 1. The van der Waals surface area contributed by atoms with Crippen molar-refractivity contribution < 1.29 is 19.8 Å². The number of carbonyl (C=O) groups excluding carboxylic acids is 1. The van der Waals surface area contributed by atoms with Crippen molar-refractivity contribution in [3.63, 3.8) is 0 Å². The van der Waals surface area contributed by atoms with Crippen LogP contribution in [0, 0.1) is 6.92 Å². The number of carboxylic acid groups (broad SMARTS) is 1. The summed E-state index contributed by atoms with van der Waals surface area (Å²) in [5.41, 5.74) is 7.40. The summed E-state index contributed by atoms with van der Waals surface area (Å²) < 4.78 is 0. The average Bonchev–Trinajstić information content (AvgIpc) is 2.74. The van der Waals surface area contributed by atoms with Crippen LogP contribution in [0.5, 0.6) is 0 Å². The Morgan fingerprint density at radius 2 is 2.11 bits per heavy atom. The lowest BCUT2D eigenvalue weighted by atomic mass is 10.1. The number of anilines is 1. The first-order chi connectivity index (χ1) is 8.90. The number of hydrogen-bond acceptors (Lipinski definition) is 4. The minimum absolute atomic E-state index is 0.0409. The topological polar surface area (TPSA) is 104 Å². The zero-order valence-corrected chi connectivity index (χ0v) is 10.5. The monoisotopic (exact) mass is 264 g/mol. The number of hydrogen-bond donors (Lipinski definition) is 3. The van der Waals surface area contributed by atoms with Crippen LogP contribution in [0.1, 0.15) is 22.3 Å². The van der Waals surface area contributed by atoms with E-state index >= 15 is 0 Å². The second-order valence-corrected chi connectivity index (χ2v) is 4.77. The van der Waals surface area contributed by atoms with E-state index in [4.69, 9.17) is 10.8 Å². The minimum Gasteiger partial charge on any atom is -0.480 e. The molecule has 1 heterocycles. The van der Waals surface area contributed by atoms with Gasteiger partial charge < -0.3 is 20.8 Å². The van der Waals surface area contributed by atoms with E-state index in [0.29, 0.717) is 11.3 Å². The molecule has 2 atom stereocenters. The maximum Gasteiger partial charge on any atom is 0.326 e. The van der Waals surface area contributed by atoms with Gasteiger partial charge >= 0.3 is 5.97 Å². The smallest absolute Gasteiger partial charge is 0.326 e. The van der Waals surface area contributed by atoms with Gasteiger partial charge in [-0.25, -0.2) is 4.79 Å². The number of nitrogens with zero attached hydrogens (tertiary/aromatic N) is 1. The molecule has 1 aromatic carbocycles. The summed E-state index contributed by atoms with van der Waals surface area (Å²) in [6.45, 7) is 1.82. The number of nitrogen functional groups attached to an aromatic ring is 1. The summed E-state index contributed by atoms with van der Waals surface area (Å²) in [4.78, 5) is 24.6. The Morgan fingerprint density at radius 1 is 1.42 bits per heavy atom. The zero-order valence-electron chi connectivity index (χ0n) is 10.5. The number of carboxylic acids is 1. The van der Waals surface area contributed by atoms with Crippen LogP contribution in [-0.2, 0) is 4.79 Å². The predicted octanol–water partition coefficient (Wildman–Crippen LogP) is 0.237. The van der Waals surface area contributed by atoms with Crippen molar-refractivity contribution in [2.75, 3.05) is 12.3 Å². The Kier molecular flexibility index (Phi) is 3.44. The molecule has 1 aliphatic heterocycles. The summed E-state index contributed by atoms with van der Waals surface area (Å²) in [6, 6.07) is 3.83. The van der Waals surface area contributed by atoms with Gasteiger partial charge in [-0.05, 0) is 30.7 Å². The zero-order chi connectivity index (χ0) is 14.2. The summed E-state index contributed by atoms with van der Waals surface area (Å²) >= 11 is 0. The van der Waals surface area contributed by atoms with Crippen LogP contribution in [0.2, 0.25) is 0 Å². The highest BCUT2D eigenvalue weighted by molar-refractivity contribution is 5.97. The highest BCUT2D eigenvalue weighted by Crippen LogP contribution is 2.22. The van der Waals surface area contributed by atoms with Crippen molar-refractivity contribution in [1.82, 2.24) is 4.90 Å². The second-order valence-electron chi connectivity index (χ2n) is 4.77. The molecule has 6 nitrogen and oxygen atoms in total. The van der Waals surface area contributed by atoms with E-state index in [9.17, 15) is 14.7 Å². The normalized spacial score (nSPS) is 22.5. The third-order valence-corrected chi connectivity index (χ3v) is 3.34. The van der Waals surface area contributed by atoms with E-state index in [2.05, 4.69) is 0 Å². The number of amides is 1. The van der Waals surface area contributed by atoms with Gasteiger partial charge in [0, 0.05) is 24.2 Å². The largest absolute Gasteiger partial charge is 0.480 e. The van der Waals surface area contributed by atoms with Gasteiger partial charge in [0.25, 0.3) is 5.91 Å². The quantitative estimate of drug-likeness (QED) is 0.664. The summed E-state index contributed by atoms with van der Waals surface area (Å²) in [7, 11) is 0. The van der Waals surface area contributed by atoms with E-state index in [1.54, 1.807) is 25.1 Å². The highest BCUT2D eigenvalue weighted by Gasteiger charge is 2.39. The van der Waals surface area contributed by atoms with Crippen LogP contribution in [0.4, 0.5) is 5.69 Å². The minimum atomic E-state index is -1.10. The molecule has 0 radical (unpaired) electrons. The molecule has 1 fully saturated rings. The fourth-order valence-corrected chi connectivity index (χ4v) is 2.25. The van der Waals surface area contributed by atoms with Gasteiger partial charge in [0.05, 0.1) is 6.10 Å². The molecule has 0 unspecified atom stereocenters.